The van der Waals surface area contributed by atoms with Crippen molar-refractivity contribution in [1.82, 2.24) is 4.98 Å². The van der Waals surface area contributed by atoms with E-state index in [4.69, 9.17) is 4.74 Å². The molecule has 1 aromatic heterocycles. The summed E-state index contributed by atoms with van der Waals surface area (Å²) in [5.74, 6) is -0.269. The van der Waals surface area contributed by atoms with Crippen LogP contribution in [0.2, 0.25) is 0 Å². The third kappa shape index (κ3) is 3.23. The fourth-order valence-electron chi connectivity index (χ4n) is 0.795. The monoisotopic (exact) mass is 179 g/mol. The average Bonchev–Trinajstić information content (AvgIpc) is 2.15. The van der Waals surface area contributed by atoms with Crippen molar-refractivity contribution in [2.75, 3.05) is 0 Å². The molecular weight excluding hydrogens is 166 g/mol. The molecule has 0 aliphatic rings. The number of ether oxygens (including phenoxy) is 1. The molecule has 0 spiro atoms. The van der Waals surface area contributed by atoms with Crippen LogP contribution in [-0.2, 0) is 16.1 Å². The van der Waals surface area contributed by atoms with Crippen LogP contribution in [0.15, 0.2) is 24.4 Å². The van der Waals surface area contributed by atoms with Gasteiger partial charge >= 0.3 is 5.97 Å². The minimum atomic E-state index is -0.189. The summed E-state index contributed by atoms with van der Waals surface area (Å²) in [4.78, 5) is 15.1. The molecule has 0 amide bonds. The zero-order chi connectivity index (χ0) is 9.68. The number of aromatic nitrogens is 1. The number of hydrogen-bond donors (Lipinski definition) is 0. The van der Waals surface area contributed by atoms with Gasteiger partial charge in [0.05, 0.1) is 11.6 Å². The molecule has 0 aliphatic heterocycles. The van der Waals surface area contributed by atoms with E-state index >= 15 is 0 Å². The molecule has 0 fully saturated rings. The number of hydrogen-bond acceptors (Lipinski definition) is 3. The number of rotatable bonds is 3. The lowest BCUT2D eigenvalue weighted by atomic mass is 10.2. The Morgan fingerprint density at radius 1 is 1.54 bits per heavy atom. The molecule has 0 aromatic carbocycles. The van der Waals surface area contributed by atoms with Crippen molar-refractivity contribution in [1.29, 1.82) is 0 Å². The summed E-state index contributed by atoms with van der Waals surface area (Å²) in [6, 6.07) is 5.52. The average molecular weight is 179 g/mol. The summed E-state index contributed by atoms with van der Waals surface area (Å²) in [7, 11) is 0. The van der Waals surface area contributed by atoms with Crippen molar-refractivity contribution in [3.8, 4) is 0 Å². The van der Waals surface area contributed by atoms with Crippen LogP contribution in [0.1, 0.15) is 19.5 Å². The van der Waals surface area contributed by atoms with Crippen molar-refractivity contribution < 1.29 is 9.53 Å². The van der Waals surface area contributed by atoms with E-state index in [9.17, 15) is 4.79 Å². The predicted octanol–water partition coefficient (Wildman–Crippen LogP) is 1.78. The summed E-state index contributed by atoms with van der Waals surface area (Å²) in [5.41, 5.74) is 0.775. The standard InChI is InChI=1S/C10H13NO2/c1-8(2)10(12)13-7-9-5-3-4-6-11-9/h3-6,8H,7H2,1-2H3. The van der Waals surface area contributed by atoms with Gasteiger partial charge < -0.3 is 4.74 Å². The fourth-order valence-corrected chi connectivity index (χ4v) is 0.795. The number of carbonyl (C=O) groups excluding carboxylic acids is 1. The Bertz CT molecular complexity index is 270. The predicted molar refractivity (Wildman–Crippen MR) is 48.9 cm³/mol. The first-order valence-corrected chi connectivity index (χ1v) is 4.26. The molecule has 1 heterocycles. The molecule has 70 valence electrons. The van der Waals surface area contributed by atoms with Crippen molar-refractivity contribution in [2.24, 2.45) is 5.92 Å². The normalized spacial score (nSPS) is 10.1. The molecule has 0 atom stereocenters. The Morgan fingerprint density at radius 2 is 2.31 bits per heavy atom. The SMILES string of the molecule is CC(C)C(=O)OCc1ccccn1. The first kappa shape index (κ1) is 9.71. The fraction of sp³-hybridized carbons (Fsp3) is 0.400. The van der Waals surface area contributed by atoms with Crippen LogP contribution < -0.4 is 0 Å². The summed E-state index contributed by atoms with van der Waals surface area (Å²) in [6.45, 7) is 3.87. The molecule has 13 heavy (non-hydrogen) atoms. The third-order valence-electron chi connectivity index (χ3n) is 1.56. The Hall–Kier alpha value is -1.38. The lowest BCUT2D eigenvalue weighted by molar-refractivity contribution is -0.148. The van der Waals surface area contributed by atoms with E-state index in [1.54, 1.807) is 20.0 Å². The zero-order valence-corrected chi connectivity index (χ0v) is 7.86. The van der Waals surface area contributed by atoms with Crippen molar-refractivity contribution >= 4 is 5.97 Å². The topological polar surface area (TPSA) is 39.2 Å². The first-order valence-electron chi connectivity index (χ1n) is 4.26. The largest absolute Gasteiger partial charge is 0.459 e. The van der Waals surface area contributed by atoms with E-state index in [1.165, 1.54) is 0 Å². The molecule has 0 saturated heterocycles. The van der Waals surface area contributed by atoms with Gasteiger partial charge in [-0.05, 0) is 12.1 Å². The van der Waals surface area contributed by atoms with Gasteiger partial charge in [0.1, 0.15) is 6.61 Å². The van der Waals surface area contributed by atoms with Gasteiger partial charge in [-0.15, -0.1) is 0 Å². The molecule has 0 N–H and O–H groups in total. The smallest absolute Gasteiger partial charge is 0.308 e. The van der Waals surface area contributed by atoms with Gasteiger partial charge in [0, 0.05) is 6.20 Å². The number of carbonyl (C=O) groups is 1. The van der Waals surface area contributed by atoms with Crippen molar-refractivity contribution in [3.05, 3.63) is 30.1 Å². The minimum absolute atomic E-state index is 0.0799. The lowest BCUT2D eigenvalue weighted by Gasteiger charge is -2.05. The van der Waals surface area contributed by atoms with Crippen LogP contribution in [0.4, 0.5) is 0 Å². The third-order valence-corrected chi connectivity index (χ3v) is 1.56. The van der Waals surface area contributed by atoms with E-state index in [0.717, 1.165) is 5.69 Å². The summed E-state index contributed by atoms with van der Waals surface area (Å²) >= 11 is 0. The molecule has 0 saturated carbocycles. The molecule has 0 bridgehead atoms. The van der Waals surface area contributed by atoms with E-state index in [-0.39, 0.29) is 18.5 Å². The van der Waals surface area contributed by atoms with Crippen LogP contribution in [-0.4, -0.2) is 11.0 Å². The summed E-state index contributed by atoms with van der Waals surface area (Å²) in [5, 5.41) is 0. The maximum absolute atomic E-state index is 11.1. The molecule has 3 heteroatoms. The molecule has 0 unspecified atom stereocenters. The van der Waals surface area contributed by atoms with E-state index in [0.29, 0.717) is 0 Å². The van der Waals surface area contributed by atoms with Crippen LogP contribution in [0.25, 0.3) is 0 Å². The second-order valence-corrected chi connectivity index (χ2v) is 3.08. The Balaban J connectivity index is 2.40. The highest BCUT2D eigenvalue weighted by molar-refractivity contribution is 5.71. The van der Waals surface area contributed by atoms with Crippen molar-refractivity contribution in [2.45, 2.75) is 20.5 Å². The zero-order valence-electron chi connectivity index (χ0n) is 7.86. The highest BCUT2D eigenvalue weighted by Gasteiger charge is 2.07. The summed E-state index contributed by atoms with van der Waals surface area (Å²) in [6.07, 6.45) is 1.68. The van der Waals surface area contributed by atoms with Gasteiger partial charge in [0.15, 0.2) is 0 Å². The van der Waals surface area contributed by atoms with Gasteiger partial charge in [-0.25, -0.2) is 0 Å². The molecule has 0 aliphatic carbocycles. The maximum Gasteiger partial charge on any atom is 0.308 e. The Kier molecular flexibility index (Phi) is 3.43. The molecular formula is C10H13NO2. The second kappa shape index (κ2) is 4.60. The van der Waals surface area contributed by atoms with Crippen LogP contribution >= 0.6 is 0 Å². The quantitative estimate of drug-likeness (QED) is 0.664. The van der Waals surface area contributed by atoms with Crippen LogP contribution in [0, 0.1) is 5.92 Å². The highest BCUT2D eigenvalue weighted by Crippen LogP contribution is 2.01. The van der Waals surface area contributed by atoms with E-state index in [1.807, 2.05) is 18.2 Å². The van der Waals surface area contributed by atoms with Gasteiger partial charge in [-0.2, -0.15) is 0 Å². The number of pyridine rings is 1. The molecule has 1 aromatic rings. The minimum Gasteiger partial charge on any atom is -0.459 e. The number of esters is 1. The van der Waals surface area contributed by atoms with Gasteiger partial charge in [0.25, 0.3) is 0 Å². The first-order chi connectivity index (χ1) is 6.20. The second-order valence-electron chi connectivity index (χ2n) is 3.08. The molecule has 0 radical (unpaired) electrons. The van der Waals surface area contributed by atoms with Crippen LogP contribution in [0.3, 0.4) is 0 Å². The Morgan fingerprint density at radius 3 is 2.85 bits per heavy atom. The maximum atomic E-state index is 11.1. The molecule has 3 nitrogen and oxygen atoms in total. The summed E-state index contributed by atoms with van der Waals surface area (Å²) < 4.78 is 4.99. The van der Waals surface area contributed by atoms with Gasteiger partial charge in [-0.1, -0.05) is 19.9 Å². The lowest BCUT2D eigenvalue weighted by Crippen LogP contribution is -2.11. The Labute approximate surface area is 77.8 Å². The van der Waals surface area contributed by atoms with E-state index < -0.39 is 0 Å². The highest BCUT2D eigenvalue weighted by atomic mass is 16.5. The van der Waals surface area contributed by atoms with Crippen LogP contribution in [0.5, 0.6) is 0 Å². The number of nitrogens with zero attached hydrogens (tertiary/aromatic N) is 1. The molecule has 1 rings (SSSR count). The van der Waals surface area contributed by atoms with E-state index in [2.05, 4.69) is 4.98 Å². The van der Waals surface area contributed by atoms with Gasteiger partial charge in [-0.3, -0.25) is 9.78 Å². The van der Waals surface area contributed by atoms with Crippen molar-refractivity contribution in [3.63, 3.8) is 0 Å². The van der Waals surface area contributed by atoms with Gasteiger partial charge in [0.2, 0.25) is 0 Å².